The zero-order chi connectivity index (χ0) is 19.8. The zero-order valence-electron chi connectivity index (χ0n) is 16.9. The van der Waals surface area contributed by atoms with Gasteiger partial charge in [0.05, 0.1) is 6.04 Å². The molecule has 2 aromatic rings. The molecule has 1 amide bonds. The van der Waals surface area contributed by atoms with Gasteiger partial charge in [0.2, 0.25) is 0 Å². The van der Waals surface area contributed by atoms with Crippen LogP contribution in [0.15, 0.2) is 48.5 Å². The largest absolute Gasteiger partial charge is 0.484 e. The molecule has 158 valence electrons. The molecule has 0 spiro atoms. The predicted octanol–water partition coefficient (Wildman–Crippen LogP) is 5.18. The van der Waals surface area contributed by atoms with Gasteiger partial charge in [-0.05, 0) is 62.7 Å². The van der Waals surface area contributed by atoms with Crippen LogP contribution in [0, 0.1) is 6.92 Å². The number of likely N-dealkylation sites (tertiary alicyclic amines) is 1. The van der Waals surface area contributed by atoms with Gasteiger partial charge in [0.15, 0.2) is 6.61 Å². The topological polar surface area (TPSA) is 41.6 Å². The van der Waals surface area contributed by atoms with Crippen molar-refractivity contribution < 1.29 is 9.53 Å². The predicted molar refractivity (Wildman–Crippen MR) is 121 cm³/mol. The number of halogens is 2. The molecule has 1 fully saturated rings. The van der Waals surface area contributed by atoms with E-state index in [1.54, 1.807) is 24.3 Å². The molecule has 3 rings (SSSR count). The molecule has 0 radical (unpaired) electrons. The Bertz CT molecular complexity index is 742. The van der Waals surface area contributed by atoms with Crippen LogP contribution in [0.25, 0.3) is 0 Å². The monoisotopic (exact) mass is 436 g/mol. The smallest absolute Gasteiger partial charge is 0.258 e. The van der Waals surface area contributed by atoms with Crippen LogP contribution in [0.3, 0.4) is 0 Å². The second kappa shape index (κ2) is 12.1. The Morgan fingerprint density at radius 1 is 1.03 bits per heavy atom. The standard InChI is InChI=1S/C23H29ClN2O2.ClH/c1-18-6-8-19(9-7-18)22(26-14-4-2-3-5-15-26)16-25-23(27)17-28-21-12-10-20(24)11-13-21;/h6-13,22H,2-5,14-17H2,1H3,(H,25,27);1H. The Balaban J connectivity index is 0.00000300. The number of hydrogen-bond acceptors (Lipinski definition) is 3. The van der Waals surface area contributed by atoms with Crippen LogP contribution in [0.5, 0.6) is 5.75 Å². The Morgan fingerprint density at radius 2 is 1.66 bits per heavy atom. The summed E-state index contributed by atoms with van der Waals surface area (Å²) in [4.78, 5) is 14.9. The van der Waals surface area contributed by atoms with Gasteiger partial charge in [-0.3, -0.25) is 9.69 Å². The van der Waals surface area contributed by atoms with Crippen molar-refractivity contribution in [2.24, 2.45) is 0 Å². The Morgan fingerprint density at radius 3 is 2.28 bits per heavy atom. The lowest BCUT2D eigenvalue weighted by atomic mass is 10.0. The fourth-order valence-corrected chi connectivity index (χ4v) is 3.72. The van der Waals surface area contributed by atoms with E-state index in [4.69, 9.17) is 16.3 Å². The summed E-state index contributed by atoms with van der Waals surface area (Å²) in [5.74, 6) is 0.532. The van der Waals surface area contributed by atoms with Crippen molar-refractivity contribution in [2.75, 3.05) is 26.2 Å². The fourth-order valence-electron chi connectivity index (χ4n) is 3.59. The molecular formula is C23H30Cl2N2O2. The molecule has 1 unspecified atom stereocenters. The molecule has 0 bridgehead atoms. The van der Waals surface area contributed by atoms with Crippen LogP contribution in [0.4, 0.5) is 0 Å². The quantitative estimate of drug-likeness (QED) is 0.649. The number of carbonyl (C=O) groups is 1. The van der Waals surface area contributed by atoms with Crippen LogP contribution in [0.1, 0.15) is 42.9 Å². The van der Waals surface area contributed by atoms with Crippen molar-refractivity contribution in [2.45, 2.75) is 38.6 Å². The summed E-state index contributed by atoms with van der Waals surface area (Å²) in [6, 6.07) is 15.9. The van der Waals surface area contributed by atoms with E-state index >= 15 is 0 Å². The molecule has 1 aliphatic rings. The summed E-state index contributed by atoms with van der Waals surface area (Å²) in [5.41, 5.74) is 2.50. The molecule has 1 aliphatic heterocycles. The average molecular weight is 437 g/mol. The summed E-state index contributed by atoms with van der Waals surface area (Å²) in [6.07, 6.45) is 5.02. The van der Waals surface area contributed by atoms with Gasteiger partial charge in [0.1, 0.15) is 5.75 Å². The number of amides is 1. The average Bonchev–Trinajstić information content (AvgIpc) is 2.98. The maximum atomic E-state index is 12.3. The Labute approximate surface area is 185 Å². The van der Waals surface area contributed by atoms with Gasteiger partial charge >= 0.3 is 0 Å². The SMILES string of the molecule is Cc1ccc(C(CNC(=O)COc2ccc(Cl)cc2)N2CCCCCC2)cc1.Cl. The van der Waals surface area contributed by atoms with Crippen molar-refractivity contribution in [3.8, 4) is 5.75 Å². The zero-order valence-corrected chi connectivity index (χ0v) is 18.5. The number of rotatable bonds is 7. The summed E-state index contributed by atoms with van der Waals surface area (Å²) in [6.45, 7) is 4.85. The van der Waals surface area contributed by atoms with Crippen LogP contribution in [-0.2, 0) is 4.79 Å². The number of carbonyl (C=O) groups excluding carboxylic acids is 1. The van der Waals surface area contributed by atoms with Gasteiger partial charge in [0, 0.05) is 11.6 Å². The van der Waals surface area contributed by atoms with Gasteiger partial charge in [-0.1, -0.05) is 54.3 Å². The Hall–Kier alpha value is -1.75. The summed E-state index contributed by atoms with van der Waals surface area (Å²) >= 11 is 5.87. The highest BCUT2D eigenvalue weighted by Gasteiger charge is 2.22. The molecular weight excluding hydrogens is 407 g/mol. The van der Waals surface area contributed by atoms with Crippen molar-refractivity contribution in [1.82, 2.24) is 10.2 Å². The maximum Gasteiger partial charge on any atom is 0.258 e. The molecule has 6 heteroatoms. The van der Waals surface area contributed by atoms with Crippen LogP contribution < -0.4 is 10.1 Å². The van der Waals surface area contributed by atoms with E-state index in [9.17, 15) is 4.79 Å². The van der Waals surface area contributed by atoms with Crippen molar-refractivity contribution in [3.05, 3.63) is 64.7 Å². The second-order valence-corrected chi connectivity index (χ2v) is 7.86. The third-order valence-electron chi connectivity index (χ3n) is 5.22. The number of nitrogens with zero attached hydrogens (tertiary/aromatic N) is 1. The normalized spacial score (nSPS) is 15.7. The van der Waals surface area contributed by atoms with E-state index in [1.807, 2.05) is 0 Å². The van der Waals surface area contributed by atoms with Gasteiger partial charge < -0.3 is 10.1 Å². The van der Waals surface area contributed by atoms with Crippen molar-refractivity contribution in [1.29, 1.82) is 0 Å². The number of hydrogen-bond donors (Lipinski definition) is 1. The highest BCUT2D eigenvalue weighted by Crippen LogP contribution is 2.24. The highest BCUT2D eigenvalue weighted by molar-refractivity contribution is 6.30. The summed E-state index contributed by atoms with van der Waals surface area (Å²) < 4.78 is 5.56. The Kier molecular flexibility index (Phi) is 9.79. The first kappa shape index (κ1) is 23.5. The molecule has 4 nitrogen and oxygen atoms in total. The molecule has 1 saturated heterocycles. The minimum Gasteiger partial charge on any atom is -0.484 e. The molecule has 0 saturated carbocycles. The summed E-state index contributed by atoms with van der Waals surface area (Å²) in [7, 11) is 0. The molecule has 0 aromatic heterocycles. The minimum absolute atomic E-state index is 0. The van der Waals surface area contributed by atoms with Crippen LogP contribution in [-0.4, -0.2) is 37.0 Å². The van der Waals surface area contributed by atoms with Crippen molar-refractivity contribution in [3.63, 3.8) is 0 Å². The number of aryl methyl sites for hydroxylation is 1. The first-order valence-corrected chi connectivity index (χ1v) is 10.5. The lowest BCUT2D eigenvalue weighted by Gasteiger charge is -2.31. The number of nitrogens with one attached hydrogen (secondary N) is 1. The summed E-state index contributed by atoms with van der Waals surface area (Å²) in [5, 5.41) is 3.71. The van der Waals surface area contributed by atoms with E-state index in [2.05, 4.69) is 41.4 Å². The van der Waals surface area contributed by atoms with Gasteiger partial charge in [-0.25, -0.2) is 0 Å². The van der Waals surface area contributed by atoms with Crippen LogP contribution in [0.2, 0.25) is 5.02 Å². The van der Waals surface area contributed by atoms with E-state index < -0.39 is 0 Å². The molecule has 29 heavy (non-hydrogen) atoms. The highest BCUT2D eigenvalue weighted by atomic mass is 35.5. The minimum atomic E-state index is -0.109. The van der Waals surface area contributed by atoms with E-state index in [0.29, 0.717) is 17.3 Å². The third kappa shape index (κ3) is 7.54. The van der Waals surface area contributed by atoms with E-state index in [1.165, 1.54) is 36.8 Å². The second-order valence-electron chi connectivity index (χ2n) is 7.42. The third-order valence-corrected chi connectivity index (χ3v) is 5.47. The van der Waals surface area contributed by atoms with Crippen LogP contribution >= 0.6 is 24.0 Å². The molecule has 0 aliphatic carbocycles. The number of benzene rings is 2. The van der Waals surface area contributed by atoms with Gasteiger partial charge in [-0.15, -0.1) is 12.4 Å². The first-order valence-electron chi connectivity index (χ1n) is 10.1. The maximum absolute atomic E-state index is 12.3. The van der Waals surface area contributed by atoms with Crippen molar-refractivity contribution >= 4 is 29.9 Å². The molecule has 1 atom stereocenters. The van der Waals surface area contributed by atoms with Gasteiger partial charge in [-0.2, -0.15) is 0 Å². The molecule has 2 aromatic carbocycles. The number of ether oxygens (including phenoxy) is 1. The van der Waals surface area contributed by atoms with E-state index in [0.717, 1.165) is 13.1 Å². The fraction of sp³-hybridized carbons (Fsp3) is 0.435. The lowest BCUT2D eigenvalue weighted by molar-refractivity contribution is -0.123. The molecule has 1 N–H and O–H groups in total. The first-order chi connectivity index (χ1) is 13.6. The lowest BCUT2D eigenvalue weighted by Crippen LogP contribution is -2.40. The van der Waals surface area contributed by atoms with Gasteiger partial charge in [0.25, 0.3) is 5.91 Å². The van der Waals surface area contributed by atoms with E-state index in [-0.39, 0.29) is 31.0 Å². The molecule has 1 heterocycles.